The number of nitrogens with zero attached hydrogens (tertiary/aromatic N) is 3. The van der Waals surface area contributed by atoms with Gasteiger partial charge in [0.25, 0.3) is 0 Å². The summed E-state index contributed by atoms with van der Waals surface area (Å²) in [5, 5.41) is 3.41. The Labute approximate surface area is 121 Å². The predicted octanol–water partition coefficient (Wildman–Crippen LogP) is 1.69. The minimum atomic E-state index is 0.615. The highest BCUT2D eigenvalue weighted by Crippen LogP contribution is 2.21. The van der Waals surface area contributed by atoms with E-state index >= 15 is 0 Å². The molecule has 1 aliphatic rings. The summed E-state index contributed by atoms with van der Waals surface area (Å²) < 4.78 is 5.24. The number of methoxy groups -OCH3 is 1. The first kappa shape index (κ1) is 15.2. The van der Waals surface area contributed by atoms with E-state index < -0.39 is 0 Å². The fraction of sp³-hybridized carbons (Fsp3) is 0.733. The van der Waals surface area contributed by atoms with Gasteiger partial charge in [0.15, 0.2) is 0 Å². The van der Waals surface area contributed by atoms with Crippen molar-refractivity contribution in [2.45, 2.75) is 26.8 Å². The van der Waals surface area contributed by atoms with Gasteiger partial charge in [-0.2, -0.15) is 0 Å². The lowest BCUT2D eigenvalue weighted by atomic mass is 10.1. The molecule has 1 atom stereocenters. The lowest BCUT2D eigenvalue weighted by Crippen LogP contribution is -2.24. The second kappa shape index (κ2) is 7.55. The standard InChI is InChI=1S/C15H26N4O/c1-12(2)6-16-7-14-8-17-9-15(18-14)19-5-4-13(10-19)11-20-3/h8-9,12-13,16H,4-7,10-11H2,1-3H3. The van der Waals surface area contributed by atoms with Crippen molar-refractivity contribution in [3.05, 3.63) is 18.1 Å². The average Bonchev–Trinajstić information content (AvgIpc) is 2.88. The Hall–Kier alpha value is -1.20. The molecule has 1 aromatic heterocycles. The summed E-state index contributed by atoms with van der Waals surface area (Å²) in [4.78, 5) is 11.3. The molecular weight excluding hydrogens is 252 g/mol. The normalized spacial score (nSPS) is 19.0. The first-order valence-electron chi connectivity index (χ1n) is 7.44. The number of aromatic nitrogens is 2. The van der Waals surface area contributed by atoms with Gasteiger partial charge in [0.05, 0.1) is 18.5 Å². The van der Waals surface area contributed by atoms with Crippen LogP contribution < -0.4 is 10.2 Å². The molecule has 0 saturated carbocycles. The molecular formula is C15H26N4O. The first-order valence-corrected chi connectivity index (χ1v) is 7.44. The second-order valence-electron chi connectivity index (χ2n) is 5.95. The van der Waals surface area contributed by atoms with Gasteiger partial charge in [0.2, 0.25) is 0 Å². The van der Waals surface area contributed by atoms with Crippen LogP contribution in [0.4, 0.5) is 5.82 Å². The van der Waals surface area contributed by atoms with Crippen LogP contribution in [0.5, 0.6) is 0 Å². The number of rotatable bonds is 7. The maximum Gasteiger partial charge on any atom is 0.147 e. The van der Waals surface area contributed by atoms with Gasteiger partial charge in [-0.15, -0.1) is 0 Å². The van der Waals surface area contributed by atoms with Crippen LogP contribution in [0.3, 0.4) is 0 Å². The van der Waals surface area contributed by atoms with Crippen molar-refractivity contribution in [3.8, 4) is 0 Å². The van der Waals surface area contributed by atoms with Crippen molar-refractivity contribution in [2.24, 2.45) is 11.8 Å². The third-order valence-corrected chi connectivity index (χ3v) is 3.54. The summed E-state index contributed by atoms with van der Waals surface area (Å²) >= 11 is 0. The van der Waals surface area contributed by atoms with Crippen molar-refractivity contribution in [2.75, 3.05) is 38.3 Å². The Bertz CT molecular complexity index is 411. The summed E-state index contributed by atoms with van der Waals surface area (Å²) in [5.74, 6) is 2.26. The van der Waals surface area contributed by atoms with Crippen molar-refractivity contribution < 1.29 is 4.74 Å². The summed E-state index contributed by atoms with van der Waals surface area (Å²) in [6.07, 6.45) is 4.88. The SMILES string of the molecule is COCC1CCN(c2cncc(CNCC(C)C)n2)C1. The largest absolute Gasteiger partial charge is 0.384 e. The second-order valence-corrected chi connectivity index (χ2v) is 5.95. The highest BCUT2D eigenvalue weighted by molar-refractivity contribution is 5.37. The molecule has 2 heterocycles. The predicted molar refractivity (Wildman–Crippen MR) is 80.8 cm³/mol. The molecule has 0 bridgehead atoms. The lowest BCUT2D eigenvalue weighted by Gasteiger charge is -2.17. The zero-order chi connectivity index (χ0) is 14.4. The van der Waals surface area contributed by atoms with Crippen molar-refractivity contribution in [3.63, 3.8) is 0 Å². The van der Waals surface area contributed by atoms with E-state index in [9.17, 15) is 0 Å². The van der Waals surface area contributed by atoms with Crippen molar-refractivity contribution in [1.29, 1.82) is 0 Å². The molecule has 0 spiro atoms. The Morgan fingerprint density at radius 2 is 2.30 bits per heavy atom. The molecule has 1 unspecified atom stereocenters. The van der Waals surface area contributed by atoms with E-state index in [0.29, 0.717) is 11.8 Å². The fourth-order valence-electron chi connectivity index (χ4n) is 2.53. The van der Waals surface area contributed by atoms with Crippen LogP contribution in [-0.2, 0) is 11.3 Å². The molecule has 0 aliphatic carbocycles. The quantitative estimate of drug-likeness (QED) is 0.822. The maximum absolute atomic E-state index is 5.24. The van der Waals surface area contributed by atoms with E-state index in [0.717, 1.165) is 44.3 Å². The van der Waals surface area contributed by atoms with Crippen LogP contribution >= 0.6 is 0 Å². The maximum atomic E-state index is 5.24. The Balaban J connectivity index is 1.89. The van der Waals surface area contributed by atoms with Crippen LogP contribution in [0.2, 0.25) is 0 Å². The molecule has 1 N–H and O–H groups in total. The Morgan fingerprint density at radius 1 is 1.45 bits per heavy atom. The summed E-state index contributed by atoms with van der Waals surface area (Å²) in [6, 6.07) is 0. The number of anilines is 1. The highest BCUT2D eigenvalue weighted by Gasteiger charge is 2.23. The number of nitrogens with one attached hydrogen (secondary N) is 1. The Kier molecular flexibility index (Phi) is 5.73. The van der Waals surface area contributed by atoms with Gasteiger partial charge < -0.3 is 15.0 Å². The minimum Gasteiger partial charge on any atom is -0.384 e. The van der Waals surface area contributed by atoms with E-state index in [1.54, 1.807) is 7.11 Å². The van der Waals surface area contributed by atoms with Crippen LogP contribution in [0.15, 0.2) is 12.4 Å². The third-order valence-electron chi connectivity index (χ3n) is 3.54. The van der Waals surface area contributed by atoms with Crippen molar-refractivity contribution >= 4 is 5.82 Å². The molecule has 5 heteroatoms. The Morgan fingerprint density at radius 3 is 3.05 bits per heavy atom. The fourth-order valence-corrected chi connectivity index (χ4v) is 2.53. The molecule has 0 amide bonds. The van der Waals surface area contributed by atoms with E-state index in [-0.39, 0.29) is 0 Å². The molecule has 0 aromatic carbocycles. The van der Waals surface area contributed by atoms with Gasteiger partial charge in [-0.25, -0.2) is 4.98 Å². The van der Waals surface area contributed by atoms with E-state index in [1.165, 1.54) is 6.42 Å². The van der Waals surface area contributed by atoms with E-state index in [2.05, 4.69) is 29.0 Å². The van der Waals surface area contributed by atoms with E-state index in [4.69, 9.17) is 9.72 Å². The van der Waals surface area contributed by atoms with Crippen LogP contribution in [-0.4, -0.2) is 43.3 Å². The average molecular weight is 278 g/mol. The van der Waals surface area contributed by atoms with Crippen LogP contribution in [0.25, 0.3) is 0 Å². The highest BCUT2D eigenvalue weighted by atomic mass is 16.5. The molecule has 5 nitrogen and oxygen atoms in total. The number of hydrogen-bond donors (Lipinski definition) is 1. The van der Waals surface area contributed by atoms with Gasteiger partial charge in [-0.05, 0) is 18.9 Å². The third kappa shape index (κ3) is 4.42. The van der Waals surface area contributed by atoms with Gasteiger partial charge >= 0.3 is 0 Å². The minimum absolute atomic E-state index is 0.615. The molecule has 2 rings (SSSR count). The monoisotopic (exact) mass is 278 g/mol. The van der Waals surface area contributed by atoms with Crippen LogP contribution in [0, 0.1) is 11.8 Å². The smallest absolute Gasteiger partial charge is 0.147 e. The first-order chi connectivity index (χ1) is 9.69. The van der Waals surface area contributed by atoms with Gasteiger partial charge in [-0.3, -0.25) is 4.98 Å². The number of hydrogen-bond acceptors (Lipinski definition) is 5. The summed E-state index contributed by atoms with van der Waals surface area (Å²) in [5.41, 5.74) is 1.01. The molecule has 1 fully saturated rings. The summed E-state index contributed by atoms with van der Waals surface area (Å²) in [7, 11) is 1.77. The van der Waals surface area contributed by atoms with Gasteiger partial charge in [0.1, 0.15) is 5.82 Å². The molecule has 1 saturated heterocycles. The molecule has 112 valence electrons. The number of ether oxygens (including phenoxy) is 1. The van der Waals surface area contributed by atoms with Crippen LogP contribution in [0.1, 0.15) is 26.0 Å². The topological polar surface area (TPSA) is 50.3 Å². The van der Waals surface area contributed by atoms with Gasteiger partial charge in [-0.1, -0.05) is 13.8 Å². The molecule has 0 radical (unpaired) electrons. The van der Waals surface area contributed by atoms with E-state index in [1.807, 2.05) is 12.4 Å². The zero-order valence-electron chi connectivity index (χ0n) is 12.8. The van der Waals surface area contributed by atoms with Gasteiger partial charge in [0, 0.05) is 38.9 Å². The zero-order valence-corrected chi connectivity index (χ0v) is 12.8. The van der Waals surface area contributed by atoms with Crippen molar-refractivity contribution in [1.82, 2.24) is 15.3 Å². The molecule has 1 aromatic rings. The summed E-state index contributed by atoms with van der Waals surface area (Å²) in [6.45, 7) is 9.10. The lowest BCUT2D eigenvalue weighted by molar-refractivity contribution is 0.161. The molecule has 20 heavy (non-hydrogen) atoms. The molecule has 1 aliphatic heterocycles.